The molecule has 0 spiro atoms. The molecule has 1 unspecified atom stereocenters. The fraction of sp³-hybridized carbons (Fsp3) is 0.750. The van der Waals surface area contributed by atoms with Crippen molar-refractivity contribution < 1.29 is 4.79 Å². The minimum absolute atomic E-state index is 0.121. The number of amides is 1. The Labute approximate surface area is 41.9 Å². The molecule has 0 aromatic heterocycles. The van der Waals surface area contributed by atoms with E-state index in [4.69, 9.17) is 5.73 Å². The first-order valence-electron chi connectivity index (χ1n) is 2.32. The average molecular weight is 100 g/mol. The van der Waals surface area contributed by atoms with Crippen molar-refractivity contribution >= 4 is 5.91 Å². The molecule has 1 heterocycles. The normalized spacial score (nSPS) is 28.7. The summed E-state index contributed by atoms with van der Waals surface area (Å²) in [7, 11) is 0. The van der Waals surface area contributed by atoms with Gasteiger partial charge >= 0.3 is 0 Å². The molecular weight excluding hydrogens is 92.1 g/mol. The van der Waals surface area contributed by atoms with Crippen molar-refractivity contribution in [2.24, 2.45) is 5.73 Å². The van der Waals surface area contributed by atoms with Gasteiger partial charge in [0.05, 0.1) is 0 Å². The smallest absolute Gasteiger partial charge is 0.222 e. The highest BCUT2D eigenvalue weighted by molar-refractivity contribution is 5.82. The molecule has 0 aromatic rings. The monoisotopic (exact) mass is 100 g/mol. The van der Waals surface area contributed by atoms with Crippen LogP contribution in [0.4, 0.5) is 0 Å². The number of hydrogen-bond acceptors (Lipinski definition) is 2. The minimum atomic E-state index is 0.121. The number of carbonyl (C=O) groups excluding carboxylic acids is 1. The van der Waals surface area contributed by atoms with Crippen molar-refractivity contribution in [1.29, 1.82) is 0 Å². The molecule has 0 bridgehead atoms. The Morgan fingerprint density at radius 1 is 2.00 bits per heavy atom. The van der Waals surface area contributed by atoms with Crippen LogP contribution in [0.1, 0.15) is 6.42 Å². The standard InChI is InChI=1S/C4H8N2O/c5-2-3-1-4(7)6-3/h3H,1-2,5H2,(H,6,7). The molecule has 1 amide bonds. The lowest BCUT2D eigenvalue weighted by Gasteiger charge is -2.24. The number of nitrogens with one attached hydrogen (secondary N) is 1. The molecule has 1 aliphatic rings. The van der Waals surface area contributed by atoms with Crippen LogP contribution in [-0.4, -0.2) is 18.5 Å². The van der Waals surface area contributed by atoms with E-state index in [9.17, 15) is 4.79 Å². The summed E-state index contributed by atoms with van der Waals surface area (Å²) >= 11 is 0. The maximum Gasteiger partial charge on any atom is 0.222 e. The van der Waals surface area contributed by atoms with Crippen LogP contribution in [0.2, 0.25) is 0 Å². The van der Waals surface area contributed by atoms with Crippen molar-refractivity contribution in [2.45, 2.75) is 12.5 Å². The molecule has 1 aliphatic heterocycles. The fourth-order valence-corrected chi connectivity index (χ4v) is 0.573. The topological polar surface area (TPSA) is 55.1 Å². The molecule has 3 nitrogen and oxygen atoms in total. The molecular formula is C4H8N2O. The van der Waals surface area contributed by atoms with Gasteiger partial charge in [0.15, 0.2) is 0 Å². The Bertz CT molecular complexity index is 83.7. The fourth-order valence-electron chi connectivity index (χ4n) is 0.573. The van der Waals surface area contributed by atoms with Crippen molar-refractivity contribution in [3.63, 3.8) is 0 Å². The number of hydrogen-bond donors (Lipinski definition) is 2. The summed E-state index contributed by atoms with van der Waals surface area (Å²) in [5.74, 6) is 0.121. The van der Waals surface area contributed by atoms with E-state index < -0.39 is 0 Å². The lowest BCUT2D eigenvalue weighted by Crippen LogP contribution is -2.52. The Hall–Kier alpha value is -0.570. The van der Waals surface area contributed by atoms with Crippen molar-refractivity contribution in [3.8, 4) is 0 Å². The molecule has 1 rings (SSSR count). The summed E-state index contributed by atoms with van der Waals surface area (Å²) in [6.07, 6.45) is 0.622. The molecule has 3 N–H and O–H groups in total. The van der Waals surface area contributed by atoms with Gasteiger partial charge in [-0.05, 0) is 0 Å². The van der Waals surface area contributed by atoms with E-state index in [2.05, 4.69) is 5.32 Å². The lowest BCUT2D eigenvalue weighted by atomic mass is 10.1. The summed E-state index contributed by atoms with van der Waals surface area (Å²) in [4.78, 5) is 10.1. The molecule has 0 aliphatic carbocycles. The molecule has 0 saturated carbocycles. The van der Waals surface area contributed by atoms with Crippen LogP contribution in [-0.2, 0) is 4.79 Å². The first-order valence-corrected chi connectivity index (χ1v) is 2.32. The predicted molar refractivity (Wildman–Crippen MR) is 25.6 cm³/mol. The second kappa shape index (κ2) is 1.50. The predicted octanol–water partition coefficient (Wildman–Crippen LogP) is -1.17. The van der Waals surface area contributed by atoms with E-state index in [-0.39, 0.29) is 11.9 Å². The van der Waals surface area contributed by atoms with Gasteiger partial charge in [-0.2, -0.15) is 0 Å². The van der Waals surface area contributed by atoms with Crippen molar-refractivity contribution in [1.82, 2.24) is 5.32 Å². The summed E-state index contributed by atoms with van der Waals surface area (Å²) in [5, 5.41) is 2.63. The molecule has 1 saturated heterocycles. The van der Waals surface area contributed by atoms with Gasteiger partial charge in [-0.15, -0.1) is 0 Å². The third kappa shape index (κ3) is 0.718. The number of nitrogens with two attached hydrogens (primary N) is 1. The van der Waals surface area contributed by atoms with E-state index in [1.54, 1.807) is 0 Å². The third-order valence-corrected chi connectivity index (χ3v) is 1.08. The van der Waals surface area contributed by atoms with Crippen molar-refractivity contribution in [2.75, 3.05) is 6.54 Å². The lowest BCUT2D eigenvalue weighted by molar-refractivity contribution is -0.127. The van der Waals surface area contributed by atoms with Gasteiger partial charge in [0.2, 0.25) is 5.91 Å². The van der Waals surface area contributed by atoms with Gasteiger partial charge in [0, 0.05) is 19.0 Å². The number of β-lactam (4-membered cyclic amide) rings is 1. The van der Waals surface area contributed by atoms with Crippen molar-refractivity contribution in [3.05, 3.63) is 0 Å². The van der Waals surface area contributed by atoms with Gasteiger partial charge in [-0.1, -0.05) is 0 Å². The van der Waals surface area contributed by atoms with E-state index in [0.717, 1.165) is 0 Å². The van der Waals surface area contributed by atoms with Crippen LogP contribution in [0.25, 0.3) is 0 Å². The first kappa shape index (κ1) is 4.59. The maximum absolute atomic E-state index is 10.1. The third-order valence-electron chi connectivity index (χ3n) is 1.08. The zero-order valence-corrected chi connectivity index (χ0v) is 3.98. The second-order valence-electron chi connectivity index (χ2n) is 1.70. The summed E-state index contributed by atoms with van der Waals surface area (Å²) in [5.41, 5.74) is 5.18. The summed E-state index contributed by atoms with van der Waals surface area (Å²) in [6.45, 7) is 0.575. The molecule has 3 heteroatoms. The zero-order chi connectivity index (χ0) is 5.28. The molecule has 0 aromatic carbocycles. The van der Waals surface area contributed by atoms with Crippen LogP contribution in [0.3, 0.4) is 0 Å². The minimum Gasteiger partial charge on any atom is -0.352 e. The highest BCUT2D eigenvalue weighted by Gasteiger charge is 2.22. The Kier molecular flexibility index (Phi) is 0.982. The van der Waals surface area contributed by atoms with Gasteiger partial charge in [-0.25, -0.2) is 0 Å². The Morgan fingerprint density at radius 2 is 2.57 bits per heavy atom. The van der Waals surface area contributed by atoms with Crippen LogP contribution in [0.15, 0.2) is 0 Å². The number of carbonyl (C=O) groups is 1. The molecule has 40 valence electrons. The molecule has 1 atom stereocenters. The average Bonchev–Trinajstić information content (AvgIpc) is 1.58. The SMILES string of the molecule is NCC1CC(=O)N1. The van der Waals surface area contributed by atoms with Gasteiger partial charge in [0.1, 0.15) is 0 Å². The Balaban J connectivity index is 2.17. The molecule has 1 fully saturated rings. The summed E-state index contributed by atoms with van der Waals surface area (Å²) in [6, 6.07) is 0.271. The number of rotatable bonds is 1. The molecule has 7 heavy (non-hydrogen) atoms. The van der Waals surface area contributed by atoms with E-state index in [1.165, 1.54) is 0 Å². The molecule has 0 radical (unpaired) electrons. The first-order chi connectivity index (χ1) is 3.33. The largest absolute Gasteiger partial charge is 0.352 e. The maximum atomic E-state index is 10.1. The highest BCUT2D eigenvalue weighted by atomic mass is 16.2. The Morgan fingerprint density at radius 3 is 2.71 bits per heavy atom. The quantitative estimate of drug-likeness (QED) is 0.408. The summed E-state index contributed by atoms with van der Waals surface area (Å²) < 4.78 is 0. The second-order valence-corrected chi connectivity index (χ2v) is 1.70. The van der Waals surface area contributed by atoms with Gasteiger partial charge in [0.25, 0.3) is 0 Å². The van der Waals surface area contributed by atoms with E-state index in [1.807, 2.05) is 0 Å². The van der Waals surface area contributed by atoms with Crippen LogP contribution >= 0.6 is 0 Å². The van der Waals surface area contributed by atoms with Crippen LogP contribution in [0.5, 0.6) is 0 Å². The zero-order valence-electron chi connectivity index (χ0n) is 3.98. The van der Waals surface area contributed by atoms with Gasteiger partial charge in [-0.3, -0.25) is 4.79 Å². The van der Waals surface area contributed by atoms with Crippen LogP contribution < -0.4 is 11.1 Å². The van der Waals surface area contributed by atoms with Crippen LogP contribution in [0, 0.1) is 0 Å². The van der Waals surface area contributed by atoms with E-state index in [0.29, 0.717) is 13.0 Å². The highest BCUT2D eigenvalue weighted by Crippen LogP contribution is 1.99. The van der Waals surface area contributed by atoms with Gasteiger partial charge < -0.3 is 11.1 Å². The van der Waals surface area contributed by atoms with E-state index >= 15 is 0 Å².